The summed E-state index contributed by atoms with van der Waals surface area (Å²) in [5.74, 6) is 0.249. The van der Waals surface area contributed by atoms with Crippen LogP contribution in [0.15, 0.2) is 53.4 Å². The molecule has 0 aliphatic carbocycles. The average Bonchev–Trinajstić information content (AvgIpc) is 2.80. The van der Waals surface area contributed by atoms with Crippen molar-refractivity contribution in [3.63, 3.8) is 0 Å². The van der Waals surface area contributed by atoms with Gasteiger partial charge in [-0.2, -0.15) is 0 Å². The highest BCUT2D eigenvalue weighted by Gasteiger charge is 2.25. The summed E-state index contributed by atoms with van der Waals surface area (Å²) < 4.78 is 44.7. The molecule has 186 valence electrons. The highest BCUT2D eigenvalue weighted by Crippen LogP contribution is 2.38. The first kappa shape index (κ1) is 26.7. The van der Waals surface area contributed by atoms with Crippen LogP contribution in [0.2, 0.25) is 15.1 Å². The number of para-hydroxylation sites is 2. The van der Waals surface area contributed by atoms with Crippen LogP contribution in [0.3, 0.4) is 0 Å². The highest BCUT2D eigenvalue weighted by molar-refractivity contribution is 7.92. The van der Waals surface area contributed by atoms with Crippen LogP contribution in [0.5, 0.6) is 17.2 Å². The molecule has 0 heterocycles. The smallest absolute Gasteiger partial charge is 0.263 e. The molecule has 35 heavy (non-hydrogen) atoms. The van der Waals surface area contributed by atoms with Crippen molar-refractivity contribution in [1.29, 1.82) is 0 Å². The third-order valence-electron chi connectivity index (χ3n) is 4.71. The van der Waals surface area contributed by atoms with Crippen molar-refractivity contribution in [2.24, 2.45) is 0 Å². The van der Waals surface area contributed by atoms with Gasteiger partial charge in [0.05, 0.1) is 52.8 Å². The molecular weight excluding hydrogens is 539 g/mol. The number of amides is 1. The number of sulfonamides is 1. The Hall–Kier alpha value is -2.85. The molecule has 12 heteroatoms. The maximum atomic E-state index is 13.2. The average molecular weight is 560 g/mol. The lowest BCUT2D eigenvalue weighted by atomic mass is 10.2. The normalized spacial score (nSPS) is 11.0. The van der Waals surface area contributed by atoms with Crippen LogP contribution >= 0.6 is 34.8 Å². The van der Waals surface area contributed by atoms with Crippen LogP contribution in [0.1, 0.15) is 17.3 Å². The molecule has 0 radical (unpaired) electrons. The van der Waals surface area contributed by atoms with Gasteiger partial charge in [0.2, 0.25) is 0 Å². The molecule has 8 nitrogen and oxygen atoms in total. The van der Waals surface area contributed by atoms with Gasteiger partial charge < -0.3 is 19.5 Å². The van der Waals surface area contributed by atoms with E-state index >= 15 is 0 Å². The lowest BCUT2D eigenvalue weighted by molar-refractivity contribution is 0.102. The van der Waals surface area contributed by atoms with Crippen molar-refractivity contribution < 1.29 is 27.4 Å². The topological polar surface area (TPSA) is 103 Å². The molecule has 3 aromatic rings. The summed E-state index contributed by atoms with van der Waals surface area (Å²) >= 11 is 18.6. The molecule has 0 saturated heterocycles. The maximum absolute atomic E-state index is 13.2. The minimum atomic E-state index is -4.30. The first-order valence-electron chi connectivity index (χ1n) is 10.1. The van der Waals surface area contributed by atoms with Crippen LogP contribution in [-0.4, -0.2) is 35.2 Å². The second kappa shape index (κ2) is 11.3. The van der Waals surface area contributed by atoms with Crippen LogP contribution in [-0.2, 0) is 10.0 Å². The van der Waals surface area contributed by atoms with Gasteiger partial charge in [-0.1, -0.05) is 46.9 Å². The summed E-state index contributed by atoms with van der Waals surface area (Å²) in [6.45, 7) is 2.20. The van der Waals surface area contributed by atoms with E-state index in [1.807, 2.05) is 6.92 Å². The second-order valence-corrected chi connectivity index (χ2v) is 9.81. The fourth-order valence-corrected chi connectivity index (χ4v) is 5.25. The standard InChI is InChI=1S/C23H21Cl3N2O6S/c1-4-34-19-8-6-5-7-17(19)27-23(29)13-9-22(16(26)10-14(13)24)35(30,31)28-18-11-15(25)20(32-2)12-21(18)33-3/h5-12,28H,4H2,1-3H3,(H,27,29). The van der Waals surface area contributed by atoms with Crippen LogP contribution < -0.4 is 24.2 Å². The van der Waals surface area contributed by atoms with E-state index in [-0.39, 0.29) is 37.0 Å². The number of hydrogen-bond acceptors (Lipinski definition) is 6. The number of carbonyl (C=O) groups is 1. The Morgan fingerprint density at radius 2 is 1.54 bits per heavy atom. The predicted molar refractivity (Wildman–Crippen MR) is 137 cm³/mol. The number of carbonyl (C=O) groups excluding carboxylic acids is 1. The van der Waals surface area contributed by atoms with Crippen LogP contribution in [0.25, 0.3) is 0 Å². The largest absolute Gasteiger partial charge is 0.495 e. The summed E-state index contributed by atoms with van der Waals surface area (Å²) in [5, 5.41) is 2.61. The van der Waals surface area contributed by atoms with Gasteiger partial charge in [-0.15, -0.1) is 0 Å². The molecule has 0 aromatic heterocycles. The molecule has 0 saturated carbocycles. The van der Waals surface area contributed by atoms with Gasteiger partial charge in [-0.05, 0) is 37.3 Å². The third-order valence-corrected chi connectivity index (χ3v) is 7.15. The van der Waals surface area contributed by atoms with Gasteiger partial charge in [0.15, 0.2) is 0 Å². The number of anilines is 2. The Morgan fingerprint density at radius 1 is 0.857 bits per heavy atom. The number of ether oxygens (including phenoxy) is 3. The number of nitrogens with one attached hydrogen (secondary N) is 2. The zero-order chi connectivity index (χ0) is 25.8. The van der Waals surface area contributed by atoms with Crippen molar-refractivity contribution in [2.45, 2.75) is 11.8 Å². The van der Waals surface area contributed by atoms with E-state index in [2.05, 4.69) is 10.0 Å². The first-order chi connectivity index (χ1) is 16.6. The molecule has 1 amide bonds. The molecular formula is C23H21Cl3N2O6S. The fourth-order valence-electron chi connectivity index (χ4n) is 3.09. The first-order valence-corrected chi connectivity index (χ1v) is 12.7. The zero-order valence-electron chi connectivity index (χ0n) is 18.8. The molecule has 0 bridgehead atoms. The summed E-state index contributed by atoms with van der Waals surface area (Å²) in [6, 6.07) is 11.8. The number of hydrogen-bond donors (Lipinski definition) is 2. The van der Waals surface area contributed by atoms with Gasteiger partial charge in [0, 0.05) is 6.07 Å². The predicted octanol–water partition coefficient (Wildman–Crippen LogP) is 6.12. The van der Waals surface area contributed by atoms with Gasteiger partial charge in [-0.25, -0.2) is 8.42 Å². The molecule has 0 aliphatic heterocycles. The lowest BCUT2D eigenvalue weighted by Gasteiger charge is -2.16. The SMILES string of the molecule is CCOc1ccccc1NC(=O)c1cc(S(=O)(=O)Nc2cc(Cl)c(OC)cc2OC)c(Cl)cc1Cl. The Bertz CT molecular complexity index is 1370. The monoisotopic (exact) mass is 558 g/mol. The molecule has 0 atom stereocenters. The van der Waals surface area contributed by atoms with Crippen molar-refractivity contribution >= 4 is 62.1 Å². The van der Waals surface area contributed by atoms with E-state index in [1.165, 1.54) is 32.4 Å². The Morgan fingerprint density at radius 3 is 2.20 bits per heavy atom. The summed E-state index contributed by atoms with van der Waals surface area (Å²) in [5.41, 5.74) is 0.328. The molecule has 0 unspecified atom stereocenters. The zero-order valence-corrected chi connectivity index (χ0v) is 21.9. The fraction of sp³-hybridized carbons (Fsp3) is 0.174. The minimum Gasteiger partial charge on any atom is -0.495 e. The van der Waals surface area contributed by atoms with Crippen molar-refractivity contribution in [2.75, 3.05) is 30.9 Å². The number of rotatable bonds is 9. The Labute approximate surface area is 218 Å². The highest BCUT2D eigenvalue weighted by atomic mass is 35.5. The third kappa shape index (κ3) is 6.05. The van der Waals surface area contributed by atoms with Crippen LogP contribution in [0, 0.1) is 0 Å². The number of benzene rings is 3. The Kier molecular flexibility index (Phi) is 8.60. The minimum absolute atomic E-state index is 0.0367. The Balaban J connectivity index is 1.98. The summed E-state index contributed by atoms with van der Waals surface area (Å²) in [7, 11) is -1.53. The number of methoxy groups -OCH3 is 2. The van der Waals surface area contributed by atoms with Gasteiger partial charge in [0.1, 0.15) is 22.1 Å². The molecule has 3 aromatic carbocycles. The summed E-state index contributed by atoms with van der Waals surface area (Å²) in [4.78, 5) is 12.6. The van der Waals surface area contributed by atoms with Crippen molar-refractivity contribution in [3.05, 3.63) is 69.2 Å². The lowest BCUT2D eigenvalue weighted by Crippen LogP contribution is -2.17. The quantitative estimate of drug-likeness (QED) is 0.328. The van der Waals surface area contributed by atoms with Gasteiger partial charge in [0.25, 0.3) is 15.9 Å². The molecule has 0 fully saturated rings. The maximum Gasteiger partial charge on any atom is 0.263 e. The molecule has 2 N–H and O–H groups in total. The van der Waals surface area contributed by atoms with E-state index in [9.17, 15) is 13.2 Å². The van der Waals surface area contributed by atoms with Gasteiger partial charge in [-0.3, -0.25) is 9.52 Å². The number of halogens is 3. The van der Waals surface area contributed by atoms with Crippen LogP contribution in [0.4, 0.5) is 11.4 Å². The molecule has 3 rings (SSSR count). The van der Waals surface area contributed by atoms with E-state index < -0.39 is 15.9 Å². The molecule has 0 spiro atoms. The second-order valence-electron chi connectivity index (χ2n) is 6.94. The van der Waals surface area contributed by atoms with E-state index in [0.29, 0.717) is 23.8 Å². The van der Waals surface area contributed by atoms with E-state index in [1.54, 1.807) is 24.3 Å². The molecule has 0 aliphatic rings. The van der Waals surface area contributed by atoms with Gasteiger partial charge >= 0.3 is 0 Å². The van der Waals surface area contributed by atoms with Crippen molar-refractivity contribution in [1.82, 2.24) is 0 Å². The van der Waals surface area contributed by atoms with E-state index in [0.717, 1.165) is 6.07 Å². The summed E-state index contributed by atoms with van der Waals surface area (Å²) in [6.07, 6.45) is 0. The van der Waals surface area contributed by atoms with E-state index in [4.69, 9.17) is 49.0 Å². The van der Waals surface area contributed by atoms with Crippen molar-refractivity contribution in [3.8, 4) is 17.2 Å².